The molecule has 1 aliphatic carbocycles. The molecular weight excluding hydrogens is 184 g/mol. The minimum Gasteiger partial charge on any atom is -0.364 e. The highest BCUT2D eigenvalue weighted by Gasteiger charge is 2.51. The third-order valence-corrected chi connectivity index (χ3v) is 3.57. The highest BCUT2D eigenvalue weighted by Crippen LogP contribution is 2.48. The number of benzene rings is 1. The van der Waals surface area contributed by atoms with Gasteiger partial charge in [-0.1, -0.05) is 42.5 Å². The molecule has 2 atom stereocenters. The second kappa shape index (κ2) is 3.49. The van der Waals surface area contributed by atoms with Crippen molar-refractivity contribution in [2.75, 3.05) is 6.61 Å². The summed E-state index contributed by atoms with van der Waals surface area (Å²) in [6.45, 7) is 0.895. The van der Waals surface area contributed by atoms with E-state index in [4.69, 9.17) is 4.74 Å². The summed E-state index contributed by atoms with van der Waals surface area (Å²) in [5, 5.41) is 0. The van der Waals surface area contributed by atoms with Crippen molar-refractivity contribution < 1.29 is 4.74 Å². The van der Waals surface area contributed by atoms with Gasteiger partial charge in [-0.05, 0) is 24.8 Å². The Morgan fingerprint density at radius 3 is 2.60 bits per heavy atom. The standard InChI is InChI=1S/C14H16O/c1-3-7-12(8-4-1)14(11-15-14)13-9-5-2-6-10-13/h1,3-5,7-9,13H,2,6,10-11H2. The average Bonchev–Trinajstić information content (AvgIpc) is 3.13. The predicted molar refractivity (Wildman–Crippen MR) is 60.6 cm³/mol. The van der Waals surface area contributed by atoms with Crippen LogP contribution in [0.25, 0.3) is 0 Å². The van der Waals surface area contributed by atoms with Crippen molar-refractivity contribution >= 4 is 0 Å². The zero-order chi connectivity index (χ0) is 10.1. The van der Waals surface area contributed by atoms with Crippen molar-refractivity contribution in [3.8, 4) is 0 Å². The molecule has 1 aliphatic heterocycles. The van der Waals surface area contributed by atoms with Crippen LogP contribution in [0.1, 0.15) is 24.8 Å². The lowest BCUT2D eigenvalue weighted by molar-refractivity contribution is 0.234. The fraction of sp³-hybridized carbons (Fsp3) is 0.429. The van der Waals surface area contributed by atoms with Crippen LogP contribution < -0.4 is 0 Å². The first-order chi connectivity index (χ1) is 7.42. The topological polar surface area (TPSA) is 12.5 Å². The SMILES string of the molecule is C1=CC(C2(c3ccccc3)CO2)CCC1. The summed E-state index contributed by atoms with van der Waals surface area (Å²) in [5.74, 6) is 0.591. The number of ether oxygens (including phenoxy) is 1. The summed E-state index contributed by atoms with van der Waals surface area (Å²) in [4.78, 5) is 0. The van der Waals surface area contributed by atoms with Gasteiger partial charge in [-0.2, -0.15) is 0 Å². The van der Waals surface area contributed by atoms with E-state index in [-0.39, 0.29) is 5.60 Å². The van der Waals surface area contributed by atoms with Gasteiger partial charge in [0.2, 0.25) is 0 Å². The third-order valence-electron chi connectivity index (χ3n) is 3.57. The second-order valence-electron chi connectivity index (χ2n) is 4.51. The highest BCUT2D eigenvalue weighted by molar-refractivity contribution is 5.30. The van der Waals surface area contributed by atoms with Crippen LogP contribution in [-0.4, -0.2) is 6.61 Å². The van der Waals surface area contributed by atoms with Crippen LogP contribution in [0.2, 0.25) is 0 Å². The van der Waals surface area contributed by atoms with Crippen LogP contribution in [0.4, 0.5) is 0 Å². The van der Waals surface area contributed by atoms with E-state index in [1.54, 1.807) is 0 Å². The summed E-state index contributed by atoms with van der Waals surface area (Å²) in [7, 11) is 0. The summed E-state index contributed by atoms with van der Waals surface area (Å²) >= 11 is 0. The van der Waals surface area contributed by atoms with Gasteiger partial charge in [0.05, 0.1) is 6.61 Å². The van der Waals surface area contributed by atoms with E-state index >= 15 is 0 Å². The minimum absolute atomic E-state index is 0.0260. The lowest BCUT2D eigenvalue weighted by Gasteiger charge is -2.24. The number of rotatable bonds is 2. The Bertz CT molecular complexity index is 362. The zero-order valence-corrected chi connectivity index (χ0v) is 8.86. The van der Waals surface area contributed by atoms with Crippen molar-refractivity contribution in [1.29, 1.82) is 0 Å². The Morgan fingerprint density at radius 2 is 2.00 bits per heavy atom. The normalized spacial score (nSPS) is 34.0. The molecule has 1 aromatic rings. The number of hydrogen-bond donors (Lipinski definition) is 0. The van der Waals surface area contributed by atoms with Gasteiger partial charge in [0.1, 0.15) is 5.60 Å². The van der Waals surface area contributed by atoms with Gasteiger partial charge in [0.15, 0.2) is 0 Å². The maximum absolute atomic E-state index is 5.77. The summed E-state index contributed by atoms with van der Waals surface area (Å²) in [6, 6.07) is 10.7. The molecule has 3 rings (SSSR count). The van der Waals surface area contributed by atoms with Crippen molar-refractivity contribution in [3.05, 3.63) is 48.0 Å². The first-order valence-electron chi connectivity index (χ1n) is 5.78. The van der Waals surface area contributed by atoms with Crippen LogP contribution >= 0.6 is 0 Å². The predicted octanol–water partition coefficient (Wildman–Crippen LogP) is 3.27. The Kier molecular flexibility index (Phi) is 2.14. The minimum atomic E-state index is 0.0260. The van der Waals surface area contributed by atoms with Gasteiger partial charge >= 0.3 is 0 Å². The van der Waals surface area contributed by atoms with Gasteiger partial charge in [-0.3, -0.25) is 0 Å². The first-order valence-corrected chi connectivity index (χ1v) is 5.78. The van der Waals surface area contributed by atoms with E-state index in [0.29, 0.717) is 5.92 Å². The lowest BCUT2D eigenvalue weighted by atomic mass is 9.80. The fourth-order valence-corrected chi connectivity index (χ4v) is 2.59. The van der Waals surface area contributed by atoms with Gasteiger partial charge in [-0.15, -0.1) is 0 Å². The maximum atomic E-state index is 5.77. The van der Waals surface area contributed by atoms with Crippen LogP contribution in [0, 0.1) is 5.92 Å². The molecular formula is C14H16O. The fourth-order valence-electron chi connectivity index (χ4n) is 2.59. The molecule has 0 aromatic heterocycles. The Balaban J connectivity index is 1.91. The molecule has 0 saturated carbocycles. The largest absolute Gasteiger partial charge is 0.364 e. The van der Waals surface area contributed by atoms with Crippen molar-refractivity contribution in [2.24, 2.45) is 5.92 Å². The van der Waals surface area contributed by atoms with Crippen molar-refractivity contribution in [3.63, 3.8) is 0 Å². The quantitative estimate of drug-likeness (QED) is 0.527. The molecule has 2 aliphatic rings. The van der Waals surface area contributed by atoms with Crippen molar-refractivity contribution in [2.45, 2.75) is 24.9 Å². The van der Waals surface area contributed by atoms with Gasteiger partial charge in [-0.25, -0.2) is 0 Å². The summed E-state index contributed by atoms with van der Waals surface area (Å²) < 4.78 is 5.77. The molecule has 0 bridgehead atoms. The summed E-state index contributed by atoms with van der Waals surface area (Å²) in [5.41, 5.74) is 1.37. The third kappa shape index (κ3) is 1.51. The Labute approximate surface area is 90.8 Å². The molecule has 1 heteroatoms. The number of allylic oxidation sites excluding steroid dienone is 1. The lowest BCUT2D eigenvalue weighted by Crippen LogP contribution is -2.21. The Morgan fingerprint density at radius 1 is 1.20 bits per heavy atom. The molecule has 1 heterocycles. The molecule has 0 spiro atoms. The molecule has 0 N–H and O–H groups in total. The van der Waals surface area contributed by atoms with E-state index in [9.17, 15) is 0 Å². The number of hydrogen-bond acceptors (Lipinski definition) is 1. The second-order valence-corrected chi connectivity index (χ2v) is 4.51. The smallest absolute Gasteiger partial charge is 0.123 e. The summed E-state index contributed by atoms with van der Waals surface area (Å²) in [6.07, 6.45) is 8.47. The maximum Gasteiger partial charge on any atom is 0.123 e. The Hall–Kier alpha value is -1.08. The van der Waals surface area contributed by atoms with Crippen LogP contribution in [-0.2, 0) is 10.3 Å². The molecule has 1 nitrogen and oxygen atoms in total. The van der Waals surface area contributed by atoms with E-state index < -0.39 is 0 Å². The first kappa shape index (κ1) is 9.17. The van der Waals surface area contributed by atoms with Crippen molar-refractivity contribution in [1.82, 2.24) is 0 Å². The number of epoxide rings is 1. The van der Waals surface area contributed by atoms with Gasteiger partial charge in [0.25, 0.3) is 0 Å². The van der Waals surface area contributed by atoms with Crippen LogP contribution in [0.15, 0.2) is 42.5 Å². The van der Waals surface area contributed by atoms with E-state index in [1.165, 1.54) is 24.8 Å². The molecule has 0 radical (unpaired) electrons. The van der Waals surface area contributed by atoms with Crippen LogP contribution in [0.5, 0.6) is 0 Å². The van der Waals surface area contributed by atoms with Gasteiger partial charge in [0, 0.05) is 5.92 Å². The molecule has 1 fully saturated rings. The molecule has 1 aromatic carbocycles. The van der Waals surface area contributed by atoms with Crippen LogP contribution in [0.3, 0.4) is 0 Å². The monoisotopic (exact) mass is 200 g/mol. The van der Waals surface area contributed by atoms with Gasteiger partial charge < -0.3 is 4.74 Å². The zero-order valence-electron chi connectivity index (χ0n) is 8.86. The van der Waals surface area contributed by atoms with E-state index in [0.717, 1.165) is 6.61 Å². The molecule has 2 unspecified atom stereocenters. The molecule has 0 amide bonds. The molecule has 15 heavy (non-hydrogen) atoms. The average molecular weight is 200 g/mol. The highest BCUT2D eigenvalue weighted by atomic mass is 16.6. The molecule has 78 valence electrons. The van der Waals surface area contributed by atoms with E-state index in [2.05, 4.69) is 42.5 Å². The van der Waals surface area contributed by atoms with E-state index in [1.807, 2.05) is 0 Å². The molecule has 1 saturated heterocycles.